The highest BCUT2D eigenvalue weighted by atomic mass is 16.5. The number of hydrogen-bond acceptors (Lipinski definition) is 5. The molecule has 0 radical (unpaired) electrons. The minimum absolute atomic E-state index is 0.0347. The maximum absolute atomic E-state index is 12.7. The summed E-state index contributed by atoms with van der Waals surface area (Å²) in [4.78, 5) is 16.9. The van der Waals surface area contributed by atoms with E-state index in [0.29, 0.717) is 26.3 Å². The van der Waals surface area contributed by atoms with E-state index in [0.717, 1.165) is 31.0 Å². The number of rotatable bonds is 6. The van der Waals surface area contributed by atoms with Crippen LogP contribution >= 0.6 is 0 Å². The lowest BCUT2D eigenvalue weighted by molar-refractivity contribution is -0.147. The van der Waals surface area contributed by atoms with E-state index < -0.39 is 0 Å². The van der Waals surface area contributed by atoms with E-state index in [-0.39, 0.29) is 18.1 Å². The first-order valence-corrected chi connectivity index (χ1v) is 8.63. The van der Waals surface area contributed by atoms with Crippen molar-refractivity contribution in [3.8, 4) is 11.5 Å². The third-order valence-electron chi connectivity index (χ3n) is 4.68. The molecule has 0 aliphatic carbocycles. The van der Waals surface area contributed by atoms with Gasteiger partial charge in [0, 0.05) is 13.1 Å². The molecule has 0 bridgehead atoms. The molecule has 1 aromatic rings. The quantitative estimate of drug-likeness (QED) is 0.787. The first kappa shape index (κ1) is 17.0. The van der Waals surface area contributed by atoms with E-state index in [4.69, 9.17) is 14.2 Å². The third kappa shape index (κ3) is 3.65. The second-order valence-electron chi connectivity index (χ2n) is 6.21. The van der Waals surface area contributed by atoms with Crippen molar-refractivity contribution in [2.24, 2.45) is 0 Å². The van der Waals surface area contributed by atoms with Gasteiger partial charge in [-0.3, -0.25) is 9.69 Å². The maximum Gasteiger partial charge on any atom is 0.240 e. The Balaban J connectivity index is 1.52. The van der Waals surface area contributed by atoms with Gasteiger partial charge in [0.25, 0.3) is 0 Å². The fourth-order valence-electron chi connectivity index (χ4n) is 3.28. The number of nitrogens with zero attached hydrogens (tertiary/aromatic N) is 2. The summed E-state index contributed by atoms with van der Waals surface area (Å²) >= 11 is 0. The summed E-state index contributed by atoms with van der Waals surface area (Å²) in [5, 5.41) is 0. The van der Waals surface area contributed by atoms with Gasteiger partial charge in [-0.1, -0.05) is 19.1 Å². The van der Waals surface area contributed by atoms with Gasteiger partial charge in [-0.25, -0.2) is 0 Å². The third-order valence-corrected chi connectivity index (χ3v) is 4.68. The predicted octanol–water partition coefficient (Wildman–Crippen LogP) is 1.40. The van der Waals surface area contributed by atoms with Gasteiger partial charge in [0.1, 0.15) is 6.10 Å². The molecule has 0 unspecified atom stereocenters. The van der Waals surface area contributed by atoms with E-state index in [1.54, 1.807) is 7.11 Å². The zero-order valence-corrected chi connectivity index (χ0v) is 14.4. The standard InChI is InChI=1S/C18H26N2O4/c1-3-15(19-8-10-23-11-9-19)18(21)20-12-14(13-20)24-17-7-5-4-6-16(17)22-2/h4-7,14-15H,3,8-13H2,1-2H3/t15-/m1/s1. The lowest BCUT2D eigenvalue weighted by Crippen LogP contribution is -2.61. The summed E-state index contributed by atoms with van der Waals surface area (Å²) < 4.78 is 16.6. The minimum atomic E-state index is -0.0406. The van der Waals surface area contributed by atoms with Gasteiger partial charge in [-0.05, 0) is 18.6 Å². The van der Waals surface area contributed by atoms with Crippen LogP contribution < -0.4 is 9.47 Å². The van der Waals surface area contributed by atoms with Gasteiger partial charge in [-0.2, -0.15) is 0 Å². The van der Waals surface area contributed by atoms with Crippen LogP contribution in [0.2, 0.25) is 0 Å². The lowest BCUT2D eigenvalue weighted by Gasteiger charge is -2.43. The van der Waals surface area contributed by atoms with E-state index >= 15 is 0 Å². The molecule has 3 rings (SSSR count). The Bertz CT molecular complexity index is 554. The summed E-state index contributed by atoms with van der Waals surface area (Å²) in [5.41, 5.74) is 0. The van der Waals surface area contributed by atoms with E-state index in [1.165, 1.54) is 0 Å². The van der Waals surface area contributed by atoms with Gasteiger partial charge >= 0.3 is 0 Å². The van der Waals surface area contributed by atoms with Crippen LogP contribution in [-0.4, -0.2) is 74.4 Å². The highest BCUT2D eigenvalue weighted by Gasteiger charge is 2.37. The molecule has 1 amide bonds. The largest absolute Gasteiger partial charge is 0.493 e. The minimum Gasteiger partial charge on any atom is -0.493 e. The van der Waals surface area contributed by atoms with Crippen LogP contribution in [-0.2, 0) is 9.53 Å². The Morgan fingerprint density at radius 2 is 1.92 bits per heavy atom. The Morgan fingerprint density at radius 3 is 2.54 bits per heavy atom. The maximum atomic E-state index is 12.7. The van der Waals surface area contributed by atoms with Crippen molar-refractivity contribution in [1.29, 1.82) is 0 Å². The van der Waals surface area contributed by atoms with Crippen molar-refractivity contribution < 1.29 is 19.0 Å². The molecule has 2 fully saturated rings. The first-order chi connectivity index (χ1) is 11.7. The molecule has 0 saturated carbocycles. The fourth-order valence-corrected chi connectivity index (χ4v) is 3.28. The molecule has 1 aromatic carbocycles. The second kappa shape index (κ2) is 7.85. The average molecular weight is 334 g/mol. The van der Waals surface area contributed by atoms with Crippen LogP contribution in [0.15, 0.2) is 24.3 Å². The van der Waals surface area contributed by atoms with Crippen LogP contribution in [0, 0.1) is 0 Å². The highest BCUT2D eigenvalue weighted by Crippen LogP contribution is 2.29. The number of hydrogen-bond donors (Lipinski definition) is 0. The molecule has 132 valence electrons. The molecule has 1 atom stereocenters. The Morgan fingerprint density at radius 1 is 1.25 bits per heavy atom. The number of morpholine rings is 1. The number of para-hydroxylation sites is 2. The molecule has 0 aromatic heterocycles. The molecule has 2 aliphatic heterocycles. The Labute approximate surface area is 143 Å². The topological polar surface area (TPSA) is 51.2 Å². The van der Waals surface area contributed by atoms with E-state index in [1.807, 2.05) is 29.2 Å². The second-order valence-corrected chi connectivity index (χ2v) is 6.21. The molecule has 6 heteroatoms. The fraction of sp³-hybridized carbons (Fsp3) is 0.611. The Hall–Kier alpha value is -1.79. The number of benzene rings is 1. The van der Waals surface area contributed by atoms with Crippen molar-refractivity contribution in [2.45, 2.75) is 25.5 Å². The molecule has 24 heavy (non-hydrogen) atoms. The van der Waals surface area contributed by atoms with Gasteiger partial charge in [-0.15, -0.1) is 0 Å². The van der Waals surface area contributed by atoms with Crippen molar-refractivity contribution >= 4 is 5.91 Å². The predicted molar refractivity (Wildman–Crippen MR) is 90.5 cm³/mol. The van der Waals surface area contributed by atoms with Crippen LogP contribution in [0.3, 0.4) is 0 Å². The molecule has 2 saturated heterocycles. The van der Waals surface area contributed by atoms with Gasteiger partial charge in [0.15, 0.2) is 11.5 Å². The van der Waals surface area contributed by atoms with Crippen molar-refractivity contribution in [1.82, 2.24) is 9.80 Å². The molecule has 0 N–H and O–H groups in total. The lowest BCUT2D eigenvalue weighted by atomic mass is 10.1. The van der Waals surface area contributed by atoms with E-state index in [2.05, 4.69) is 11.8 Å². The van der Waals surface area contributed by atoms with Crippen molar-refractivity contribution in [3.05, 3.63) is 24.3 Å². The smallest absolute Gasteiger partial charge is 0.240 e. The number of carbonyl (C=O) groups is 1. The van der Waals surface area contributed by atoms with Gasteiger partial charge in [0.2, 0.25) is 5.91 Å². The SMILES string of the molecule is CC[C@H](C(=O)N1CC(Oc2ccccc2OC)C1)N1CCOCC1. The number of amides is 1. The summed E-state index contributed by atoms with van der Waals surface area (Å²) in [6.45, 7) is 6.43. The number of likely N-dealkylation sites (tertiary alicyclic amines) is 1. The number of methoxy groups -OCH3 is 1. The molecular formula is C18H26N2O4. The molecule has 2 heterocycles. The summed E-state index contributed by atoms with van der Waals surface area (Å²) in [5.74, 6) is 1.67. The molecular weight excluding hydrogens is 308 g/mol. The molecule has 6 nitrogen and oxygen atoms in total. The van der Waals surface area contributed by atoms with Crippen LogP contribution in [0.1, 0.15) is 13.3 Å². The van der Waals surface area contributed by atoms with Crippen molar-refractivity contribution in [2.75, 3.05) is 46.5 Å². The van der Waals surface area contributed by atoms with Gasteiger partial charge in [0.05, 0.1) is 39.5 Å². The average Bonchev–Trinajstić information content (AvgIpc) is 2.59. The zero-order valence-electron chi connectivity index (χ0n) is 14.4. The van der Waals surface area contributed by atoms with Crippen LogP contribution in [0.4, 0.5) is 0 Å². The van der Waals surface area contributed by atoms with Gasteiger partial charge < -0.3 is 19.1 Å². The molecule has 0 spiro atoms. The highest BCUT2D eigenvalue weighted by molar-refractivity contribution is 5.82. The monoisotopic (exact) mass is 334 g/mol. The number of ether oxygens (including phenoxy) is 3. The van der Waals surface area contributed by atoms with Crippen LogP contribution in [0.5, 0.6) is 11.5 Å². The Kier molecular flexibility index (Phi) is 5.58. The normalized spacial score (nSPS) is 20.3. The zero-order chi connectivity index (χ0) is 16.9. The summed E-state index contributed by atoms with van der Waals surface area (Å²) in [7, 11) is 1.63. The number of carbonyl (C=O) groups excluding carboxylic acids is 1. The summed E-state index contributed by atoms with van der Waals surface area (Å²) in [6.07, 6.45) is 0.861. The summed E-state index contributed by atoms with van der Waals surface area (Å²) in [6, 6.07) is 7.57. The first-order valence-electron chi connectivity index (χ1n) is 8.63. The van der Waals surface area contributed by atoms with E-state index in [9.17, 15) is 4.79 Å². The van der Waals surface area contributed by atoms with Crippen molar-refractivity contribution in [3.63, 3.8) is 0 Å². The van der Waals surface area contributed by atoms with Crippen LogP contribution in [0.25, 0.3) is 0 Å². The molecule has 2 aliphatic rings.